The minimum atomic E-state index is -0.986. The highest BCUT2D eigenvalue weighted by molar-refractivity contribution is 8.11. The number of rotatable bonds is 2. The quantitative estimate of drug-likeness (QED) is 0.529. The Balaban J connectivity index is 1.75. The molecule has 0 atom stereocenters. The fraction of sp³-hybridized carbons (Fsp3) is 0.350. The maximum Gasteiger partial charge on any atom is 0.367 e. The van der Waals surface area contributed by atoms with Crippen molar-refractivity contribution in [2.75, 3.05) is 24.6 Å². The number of hydrogen-bond donors (Lipinski definition) is 1. The van der Waals surface area contributed by atoms with Crippen LogP contribution in [0.2, 0.25) is 0 Å². The van der Waals surface area contributed by atoms with Gasteiger partial charge in [-0.1, -0.05) is 0 Å². The summed E-state index contributed by atoms with van der Waals surface area (Å²) in [5, 5.41) is 3.76. The van der Waals surface area contributed by atoms with Crippen molar-refractivity contribution in [2.45, 2.75) is 18.9 Å². The zero-order valence-corrected chi connectivity index (χ0v) is 15.8. The molecule has 5 rings (SSSR count). The lowest BCUT2D eigenvalue weighted by Gasteiger charge is -2.15. The fourth-order valence-corrected chi connectivity index (χ4v) is 5.47. The molecule has 0 radical (unpaired) electrons. The van der Waals surface area contributed by atoms with Gasteiger partial charge in [-0.3, -0.25) is 4.79 Å². The van der Waals surface area contributed by atoms with E-state index in [1.807, 2.05) is 4.57 Å². The van der Waals surface area contributed by atoms with E-state index in [1.54, 1.807) is 6.20 Å². The largest absolute Gasteiger partial charge is 0.367 e. The van der Waals surface area contributed by atoms with Gasteiger partial charge in [0.25, 0.3) is 0 Å². The second-order valence-electron chi connectivity index (χ2n) is 7.27. The normalized spacial score (nSPS) is 18.1. The lowest BCUT2D eigenvalue weighted by molar-refractivity contribution is 0.108. The highest BCUT2D eigenvalue weighted by Crippen LogP contribution is 2.37. The molecule has 0 unspecified atom stereocenters. The van der Waals surface area contributed by atoms with Gasteiger partial charge in [0.05, 0.1) is 21.8 Å². The third-order valence-electron chi connectivity index (χ3n) is 5.31. The molecule has 1 saturated heterocycles. The molecule has 8 heteroatoms. The molecule has 0 spiro atoms. The monoisotopic (exact) mass is 402 g/mol. The fourth-order valence-electron chi connectivity index (χ4n) is 3.66. The average molecular weight is 402 g/mol. The van der Waals surface area contributed by atoms with Gasteiger partial charge in [-0.15, -0.1) is 0 Å². The van der Waals surface area contributed by atoms with Crippen LogP contribution in [0.15, 0.2) is 29.2 Å². The van der Waals surface area contributed by atoms with Crippen LogP contribution < -0.4 is 10.7 Å². The molecule has 28 heavy (non-hydrogen) atoms. The Kier molecular flexibility index (Phi) is 4.21. The summed E-state index contributed by atoms with van der Waals surface area (Å²) in [5.41, 5.74) is 0.533. The van der Waals surface area contributed by atoms with Crippen LogP contribution in [0.1, 0.15) is 29.2 Å². The summed E-state index contributed by atoms with van der Waals surface area (Å²) in [6.07, 6.45) is 3.52. The molecule has 1 N–H and O–H groups in total. The van der Waals surface area contributed by atoms with Gasteiger partial charge < -0.3 is 9.88 Å². The smallest absolute Gasteiger partial charge is 0.328 e. The van der Waals surface area contributed by atoms with Crippen LogP contribution in [-0.2, 0) is 10.9 Å². The van der Waals surface area contributed by atoms with Crippen LogP contribution >= 0.6 is 0 Å². The van der Waals surface area contributed by atoms with E-state index < -0.39 is 22.5 Å². The first-order valence-corrected chi connectivity index (χ1v) is 10.9. The molecule has 3 aromatic rings. The van der Waals surface area contributed by atoms with Crippen molar-refractivity contribution in [3.63, 3.8) is 0 Å². The summed E-state index contributed by atoms with van der Waals surface area (Å²) in [6.45, 7) is 1.55. The molecule has 3 heterocycles. The number of fused-ring (bicyclic) bond motifs is 2. The van der Waals surface area contributed by atoms with E-state index in [1.165, 1.54) is 6.07 Å². The Morgan fingerprint density at radius 2 is 1.86 bits per heavy atom. The van der Waals surface area contributed by atoms with E-state index in [2.05, 4.69) is 10.3 Å². The van der Waals surface area contributed by atoms with Crippen LogP contribution in [0.25, 0.3) is 21.9 Å². The number of nitrogens with zero attached hydrogens (tertiary/aromatic N) is 2. The van der Waals surface area contributed by atoms with Gasteiger partial charge in [-0.25, -0.2) is 18.6 Å². The van der Waals surface area contributed by atoms with Gasteiger partial charge in [-0.2, -0.15) is 0 Å². The van der Waals surface area contributed by atoms with Gasteiger partial charge in [0, 0.05) is 36.8 Å². The van der Waals surface area contributed by atoms with Crippen molar-refractivity contribution >= 4 is 37.9 Å². The predicted molar refractivity (Wildman–Crippen MR) is 106 cm³/mol. The Hall–Kier alpha value is -2.32. The number of halogens is 2. The van der Waals surface area contributed by atoms with Crippen LogP contribution in [0, 0.1) is 11.6 Å². The molecule has 144 valence electrons. The van der Waals surface area contributed by atoms with E-state index >= 15 is 0 Å². The summed E-state index contributed by atoms with van der Waals surface area (Å²) in [5.74, 6) is -0.487. The second kappa shape index (κ2) is 6.63. The summed E-state index contributed by atoms with van der Waals surface area (Å²) >= 11 is 0. The third-order valence-corrected chi connectivity index (χ3v) is 7.45. The van der Waals surface area contributed by atoms with E-state index in [4.69, 9.17) is 0 Å². The highest BCUT2D eigenvalue weighted by atomic mass is 32.2. The number of nitrogens with one attached hydrogen (secondary N) is 1. The first-order chi connectivity index (χ1) is 13.5. The molecular formula is C20H18F2N3O2S+. The zero-order chi connectivity index (χ0) is 19.4. The maximum absolute atomic E-state index is 13.7. The minimum absolute atomic E-state index is 0.104. The molecule has 1 aromatic carbocycles. The van der Waals surface area contributed by atoms with E-state index in [9.17, 15) is 18.4 Å². The zero-order valence-electron chi connectivity index (χ0n) is 15.0. The molecular weight excluding hydrogens is 384 g/mol. The second-order valence-corrected chi connectivity index (χ2v) is 9.44. The molecule has 2 fully saturated rings. The first-order valence-electron chi connectivity index (χ1n) is 9.30. The molecule has 2 aliphatic rings. The van der Waals surface area contributed by atoms with Crippen molar-refractivity contribution in [2.24, 2.45) is 0 Å². The van der Waals surface area contributed by atoms with Gasteiger partial charge in [0.1, 0.15) is 22.7 Å². The van der Waals surface area contributed by atoms with Crippen LogP contribution in [0.5, 0.6) is 0 Å². The summed E-state index contributed by atoms with van der Waals surface area (Å²) in [4.78, 5) is 30.7. The third kappa shape index (κ3) is 2.91. The summed E-state index contributed by atoms with van der Waals surface area (Å²) < 4.78 is 29.2. The van der Waals surface area contributed by atoms with Crippen molar-refractivity contribution in [3.8, 4) is 0 Å². The minimum Gasteiger partial charge on any atom is -0.328 e. The Morgan fingerprint density at radius 3 is 2.57 bits per heavy atom. The number of hydrogen-bond acceptors (Lipinski definition) is 4. The van der Waals surface area contributed by atoms with E-state index in [0.29, 0.717) is 16.6 Å². The van der Waals surface area contributed by atoms with Crippen molar-refractivity contribution in [1.82, 2.24) is 14.9 Å². The summed E-state index contributed by atoms with van der Waals surface area (Å²) in [6, 6.07) is 3.80. The molecule has 1 aliphatic carbocycles. The maximum atomic E-state index is 13.7. The SMILES string of the molecule is O=C(c1cn(C2CC2)c2nc3cc(F)c(F)cc3cc2c1=O)[S+]1CCNCC1. The molecule has 5 nitrogen and oxygen atoms in total. The van der Waals surface area contributed by atoms with Crippen LogP contribution in [0.4, 0.5) is 8.78 Å². The van der Waals surface area contributed by atoms with Gasteiger partial charge >= 0.3 is 5.12 Å². The number of carbonyl (C=O) groups is 1. The van der Waals surface area contributed by atoms with E-state index in [0.717, 1.165) is 49.6 Å². The van der Waals surface area contributed by atoms with Crippen LogP contribution in [-0.4, -0.2) is 39.3 Å². The average Bonchev–Trinajstić information content (AvgIpc) is 3.54. The highest BCUT2D eigenvalue weighted by Gasteiger charge is 2.36. The lowest BCUT2D eigenvalue weighted by Crippen LogP contribution is -2.41. The molecule has 1 aliphatic heterocycles. The van der Waals surface area contributed by atoms with E-state index in [-0.39, 0.29) is 27.5 Å². The Morgan fingerprint density at radius 1 is 1.14 bits per heavy atom. The molecule has 2 aromatic heterocycles. The molecule has 1 saturated carbocycles. The van der Waals surface area contributed by atoms with Gasteiger partial charge in [-0.05, 0) is 25.0 Å². The van der Waals surface area contributed by atoms with Crippen LogP contribution in [0.3, 0.4) is 0 Å². The van der Waals surface area contributed by atoms with Crippen molar-refractivity contribution in [3.05, 3.63) is 51.8 Å². The Labute approximate surface area is 162 Å². The number of carbonyl (C=O) groups excluding carboxylic acids is 1. The molecule has 0 amide bonds. The topological polar surface area (TPSA) is 64.0 Å². The van der Waals surface area contributed by atoms with Gasteiger partial charge in [0.15, 0.2) is 11.6 Å². The first kappa shape index (κ1) is 17.8. The number of benzene rings is 1. The Bertz CT molecular complexity index is 1180. The van der Waals surface area contributed by atoms with Crippen molar-refractivity contribution in [1.29, 1.82) is 0 Å². The number of aromatic nitrogens is 2. The standard InChI is InChI=1S/C20H18F2N3O2S/c21-15-8-11-7-13-18(26)14(20(27)28-5-3-23-4-6-28)10-25(12-1-2-12)19(13)24-17(11)9-16(15)22/h7-10,12,23H,1-6H2/q+1. The number of pyridine rings is 2. The predicted octanol–water partition coefficient (Wildman–Crippen LogP) is 2.52. The summed E-state index contributed by atoms with van der Waals surface area (Å²) in [7, 11) is -0.473. The molecule has 0 bridgehead atoms. The van der Waals surface area contributed by atoms with Gasteiger partial charge in [0.2, 0.25) is 5.43 Å². The van der Waals surface area contributed by atoms with Crippen molar-refractivity contribution < 1.29 is 13.6 Å². The lowest BCUT2D eigenvalue weighted by atomic mass is 10.1.